The molecule has 1 N–H and O–H groups in total. The molecule has 2 aromatic heterocycles. The molecule has 0 unspecified atom stereocenters. The topological polar surface area (TPSA) is 86.4 Å². The Balaban J connectivity index is 1.51. The lowest BCUT2D eigenvalue weighted by Gasteiger charge is -2.06. The Morgan fingerprint density at radius 2 is 2.15 bits per heavy atom. The van der Waals surface area contributed by atoms with Gasteiger partial charge in [0, 0.05) is 18.1 Å². The number of aromatic nitrogens is 2. The molecule has 0 aliphatic carbocycles. The molecular weight excluding hydrogens is 341 g/mol. The monoisotopic (exact) mass is 357 g/mol. The van der Waals surface area contributed by atoms with Gasteiger partial charge in [-0.1, -0.05) is 6.07 Å². The zero-order valence-electron chi connectivity index (χ0n) is 13.9. The average molecular weight is 357 g/mol. The van der Waals surface area contributed by atoms with Gasteiger partial charge in [0.05, 0.1) is 6.54 Å². The summed E-state index contributed by atoms with van der Waals surface area (Å²) >= 11 is 0. The Hall–Kier alpha value is -3.42. The zero-order chi connectivity index (χ0) is 18.5. The maximum Gasteiger partial charge on any atom is 0.374 e. The molecule has 3 rings (SSSR count). The van der Waals surface area contributed by atoms with E-state index in [0.717, 1.165) is 0 Å². The SMILES string of the molecule is Cc1ccc(NC(=O)COC(=O)c2ccc(Cn3cccn3)o2)cc1F. The second kappa shape index (κ2) is 7.64. The second-order valence-corrected chi connectivity index (χ2v) is 5.56. The number of nitrogens with one attached hydrogen (secondary N) is 1. The van der Waals surface area contributed by atoms with E-state index in [-0.39, 0.29) is 11.4 Å². The fourth-order valence-corrected chi connectivity index (χ4v) is 2.20. The standard InChI is InChI=1S/C18H16FN3O4/c1-12-3-4-13(9-15(12)19)21-17(23)11-25-18(24)16-6-5-14(26-16)10-22-8-2-7-20-22/h2-9H,10-11H2,1H3,(H,21,23). The Kier molecular flexibility index (Phi) is 5.12. The molecule has 7 nitrogen and oxygen atoms in total. The van der Waals surface area contributed by atoms with E-state index in [1.165, 1.54) is 12.1 Å². The van der Waals surface area contributed by atoms with E-state index < -0.39 is 24.3 Å². The van der Waals surface area contributed by atoms with Crippen molar-refractivity contribution < 1.29 is 23.1 Å². The van der Waals surface area contributed by atoms with Gasteiger partial charge in [0.1, 0.15) is 11.6 Å². The maximum absolute atomic E-state index is 13.4. The third kappa shape index (κ3) is 4.35. The number of carbonyl (C=O) groups excluding carboxylic acids is 2. The van der Waals surface area contributed by atoms with Gasteiger partial charge in [0.2, 0.25) is 5.76 Å². The maximum atomic E-state index is 13.4. The molecule has 3 aromatic rings. The number of furan rings is 1. The summed E-state index contributed by atoms with van der Waals surface area (Å²) < 4.78 is 25.4. The van der Waals surface area contributed by atoms with Gasteiger partial charge in [0.15, 0.2) is 6.61 Å². The number of rotatable bonds is 6. The number of amides is 1. The van der Waals surface area contributed by atoms with Crippen LogP contribution >= 0.6 is 0 Å². The molecule has 1 aromatic carbocycles. The highest BCUT2D eigenvalue weighted by atomic mass is 19.1. The molecular formula is C18H16FN3O4. The first-order valence-corrected chi connectivity index (χ1v) is 7.80. The molecule has 26 heavy (non-hydrogen) atoms. The van der Waals surface area contributed by atoms with Crippen molar-refractivity contribution in [1.82, 2.24) is 9.78 Å². The van der Waals surface area contributed by atoms with Crippen molar-refractivity contribution in [2.75, 3.05) is 11.9 Å². The number of carbonyl (C=O) groups is 2. The van der Waals surface area contributed by atoms with E-state index in [9.17, 15) is 14.0 Å². The Bertz CT molecular complexity index is 918. The molecule has 0 spiro atoms. The third-order valence-electron chi connectivity index (χ3n) is 3.53. The van der Waals surface area contributed by atoms with Gasteiger partial charge in [-0.25, -0.2) is 9.18 Å². The number of hydrogen-bond donors (Lipinski definition) is 1. The van der Waals surface area contributed by atoms with Crippen LogP contribution in [-0.2, 0) is 16.1 Å². The normalized spacial score (nSPS) is 10.5. The highest BCUT2D eigenvalue weighted by Gasteiger charge is 2.15. The van der Waals surface area contributed by atoms with Crippen LogP contribution in [0, 0.1) is 12.7 Å². The molecule has 0 saturated carbocycles. The lowest BCUT2D eigenvalue weighted by atomic mass is 10.2. The summed E-state index contributed by atoms with van der Waals surface area (Å²) in [6.45, 7) is 1.48. The van der Waals surface area contributed by atoms with Gasteiger partial charge in [0.25, 0.3) is 5.91 Å². The minimum atomic E-state index is -0.762. The van der Waals surface area contributed by atoms with Crippen LogP contribution in [0.2, 0.25) is 0 Å². The van der Waals surface area contributed by atoms with Gasteiger partial charge < -0.3 is 14.5 Å². The molecule has 0 aliphatic heterocycles. The van der Waals surface area contributed by atoms with Crippen LogP contribution in [0.3, 0.4) is 0 Å². The summed E-state index contributed by atoms with van der Waals surface area (Å²) in [4.78, 5) is 23.7. The zero-order valence-corrected chi connectivity index (χ0v) is 13.9. The van der Waals surface area contributed by atoms with E-state index in [1.807, 2.05) is 0 Å². The molecule has 0 bridgehead atoms. The molecule has 0 aliphatic rings. The van der Waals surface area contributed by atoms with Gasteiger partial charge >= 0.3 is 5.97 Å². The van der Waals surface area contributed by atoms with Crippen molar-refractivity contribution in [3.63, 3.8) is 0 Å². The number of benzene rings is 1. The highest BCUT2D eigenvalue weighted by Crippen LogP contribution is 2.14. The van der Waals surface area contributed by atoms with Crippen LogP contribution in [-0.4, -0.2) is 28.3 Å². The van der Waals surface area contributed by atoms with Gasteiger partial charge in [-0.15, -0.1) is 0 Å². The van der Waals surface area contributed by atoms with E-state index in [1.54, 1.807) is 48.3 Å². The van der Waals surface area contributed by atoms with Crippen molar-refractivity contribution >= 4 is 17.6 Å². The summed E-state index contributed by atoms with van der Waals surface area (Å²) in [5.41, 5.74) is 0.756. The molecule has 8 heteroatoms. The lowest BCUT2D eigenvalue weighted by Crippen LogP contribution is -2.20. The first-order valence-electron chi connectivity index (χ1n) is 7.80. The van der Waals surface area contributed by atoms with Crippen LogP contribution < -0.4 is 5.32 Å². The second-order valence-electron chi connectivity index (χ2n) is 5.56. The van der Waals surface area contributed by atoms with Crippen LogP contribution in [0.1, 0.15) is 21.9 Å². The number of esters is 1. The van der Waals surface area contributed by atoms with Gasteiger partial charge in [-0.05, 0) is 42.8 Å². The first-order chi connectivity index (χ1) is 12.5. The molecule has 2 heterocycles. The molecule has 0 saturated heterocycles. The molecule has 0 atom stereocenters. The Labute approximate surface area is 148 Å². The summed E-state index contributed by atoms with van der Waals surface area (Å²) in [5.74, 6) is -1.26. The fourth-order valence-electron chi connectivity index (χ4n) is 2.20. The fraction of sp³-hybridized carbons (Fsp3) is 0.167. The van der Waals surface area contributed by atoms with Crippen molar-refractivity contribution in [3.05, 3.63) is 71.7 Å². The summed E-state index contributed by atoms with van der Waals surface area (Å²) in [6.07, 6.45) is 3.40. The number of nitrogens with zero attached hydrogens (tertiary/aromatic N) is 2. The number of ether oxygens (including phenoxy) is 1. The van der Waals surface area contributed by atoms with Crippen molar-refractivity contribution in [2.45, 2.75) is 13.5 Å². The van der Waals surface area contributed by atoms with Crippen molar-refractivity contribution in [3.8, 4) is 0 Å². The van der Waals surface area contributed by atoms with Gasteiger partial charge in [-0.2, -0.15) is 5.10 Å². The number of anilines is 1. The van der Waals surface area contributed by atoms with E-state index >= 15 is 0 Å². The van der Waals surface area contributed by atoms with E-state index in [0.29, 0.717) is 17.9 Å². The number of aryl methyl sites for hydroxylation is 1. The third-order valence-corrected chi connectivity index (χ3v) is 3.53. The predicted molar refractivity (Wildman–Crippen MR) is 90.1 cm³/mol. The Morgan fingerprint density at radius 3 is 2.88 bits per heavy atom. The van der Waals surface area contributed by atoms with E-state index in [4.69, 9.17) is 9.15 Å². The summed E-state index contributed by atoms with van der Waals surface area (Å²) in [6, 6.07) is 9.18. The van der Waals surface area contributed by atoms with Crippen molar-refractivity contribution in [2.24, 2.45) is 0 Å². The molecule has 134 valence electrons. The summed E-state index contributed by atoms with van der Waals surface area (Å²) in [5, 5.41) is 6.49. The van der Waals surface area contributed by atoms with Crippen LogP contribution in [0.5, 0.6) is 0 Å². The minimum absolute atomic E-state index is 0.0127. The van der Waals surface area contributed by atoms with Crippen LogP contribution in [0.25, 0.3) is 0 Å². The van der Waals surface area contributed by atoms with E-state index in [2.05, 4.69) is 10.4 Å². The van der Waals surface area contributed by atoms with Gasteiger partial charge in [-0.3, -0.25) is 9.48 Å². The predicted octanol–water partition coefficient (Wildman–Crippen LogP) is 2.77. The first kappa shape index (κ1) is 17.4. The molecule has 0 radical (unpaired) electrons. The van der Waals surface area contributed by atoms with Crippen LogP contribution in [0.4, 0.5) is 10.1 Å². The number of halogens is 1. The van der Waals surface area contributed by atoms with Crippen molar-refractivity contribution in [1.29, 1.82) is 0 Å². The number of hydrogen-bond acceptors (Lipinski definition) is 5. The largest absolute Gasteiger partial charge is 0.452 e. The lowest BCUT2D eigenvalue weighted by molar-refractivity contribution is -0.119. The average Bonchev–Trinajstić information content (AvgIpc) is 3.28. The quantitative estimate of drug-likeness (QED) is 0.686. The Morgan fingerprint density at radius 1 is 1.31 bits per heavy atom. The minimum Gasteiger partial charge on any atom is -0.452 e. The summed E-state index contributed by atoms with van der Waals surface area (Å²) in [7, 11) is 0. The van der Waals surface area contributed by atoms with Crippen LogP contribution in [0.15, 0.2) is 53.2 Å². The highest BCUT2D eigenvalue weighted by molar-refractivity contribution is 5.94. The molecule has 0 fully saturated rings. The smallest absolute Gasteiger partial charge is 0.374 e. The molecule has 1 amide bonds.